The molecule has 0 aromatic carbocycles. The number of likely N-dealkylation sites (N-methyl/N-ethyl adjacent to an activating group) is 1. The van der Waals surface area contributed by atoms with Crippen LogP contribution in [-0.4, -0.2) is 35.4 Å². The lowest BCUT2D eigenvalue weighted by Crippen LogP contribution is -2.44. The summed E-state index contributed by atoms with van der Waals surface area (Å²) in [6, 6.07) is 0.0477. The lowest BCUT2D eigenvalue weighted by atomic mass is 9.93. The summed E-state index contributed by atoms with van der Waals surface area (Å²) in [7, 11) is 1.90. The van der Waals surface area contributed by atoms with Crippen LogP contribution in [0, 0.1) is 18.8 Å². The largest absolute Gasteiger partial charge is 0.339 e. The number of rotatable bonds is 3. The molecule has 2 heterocycles. The van der Waals surface area contributed by atoms with Crippen LogP contribution in [0.4, 0.5) is 0 Å². The molecule has 1 aliphatic heterocycles. The molecule has 3 rings (SSSR count). The quantitative estimate of drug-likeness (QED) is 0.917. The molecule has 19 heavy (non-hydrogen) atoms. The molecular weight excluding hydrogens is 258 g/mol. The van der Waals surface area contributed by atoms with Crippen molar-refractivity contribution in [3.8, 4) is 0 Å². The van der Waals surface area contributed by atoms with Gasteiger partial charge in [0.05, 0.1) is 17.6 Å². The first kappa shape index (κ1) is 13.1. The fourth-order valence-corrected chi connectivity index (χ4v) is 4.33. The van der Waals surface area contributed by atoms with Crippen molar-refractivity contribution in [1.82, 2.24) is 15.2 Å². The molecule has 3 unspecified atom stereocenters. The maximum Gasteiger partial charge on any atom is 0.240 e. The number of nitrogens with zero attached hydrogens (tertiary/aromatic N) is 2. The minimum Gasteiger partial charge on any atom is -0.339 e. The zero-order valence-electron chi connectivity index (χ0n) is 11.6. The van der Waals surface area contributed by atoms with Crippen molar-refractivity contribution in [3.63, 3.8) is 0 Å². The Morgan fingerprint density at radius 1 is 1.58 bits per heavy atom. The third-order valence-electron chi connectivity index (χ3n) is 4.45. The van der Waals surface area contributed by atoms with E-state index in [9.17, 15) is 4.79 Å². The number of hydrogen-bond acceptors (Lipinski definition) is 4. The fourth-order valence-electron chi connectivity index (χ4n) is 3.49. The maximum absolute atomic E-state index is 12.5. The first-order valence-electron chi connectivity index (χ1n) is 7.05. The van der Waals surface area contributed by atoms with Gasteiger partial charge in [0.15, 0.2) is 0 Å². The van der Waals surface area contributed by atoms with Crippen LogP contribution in [0.15, 0.2) is 6.20 Å². The Bertz CT molecular complexity index is 473. The van der Waals surface area contributed by atoms with E-state index < -0.39 is 0 Å². The molecule has 2 aliphatic rings. The van der Waals surface area contributed by atoms with Crippen LogP contribution in [-0.2, 0) is 11.3 Å². The van der Waals surface area contributed by atoms with E-state index >= 15 is 0 Å². The predicted molar refractivity (Wildman–Crippen MR) is 75.9 cm³/mol. The summed E-state index contributed by atoms with van der Waals surface area (Å²) in [5.74, 6) is 1.55. The molecule has 104 valence electrons. The number of carbonyl (C=O) groups is 1. The first-order chi connectivity index (χ1) is 9.15. The molecule has 0 bridgehead atoms. The molecule has 1 saturated heterocycles. The third kappa shape index (κ3) is 2.54. The Balaban J connectivity index is 1.63. The Morgan fingerprint density at radius 3 is 3.16 bits per heavy atom. The Morgan fingerprint density at radius 2 is 2.42 bits per heavy atom. The Hall–Kier alpha value is -0.940. The third-order valence-corrected chi connectivity index (χ3v) is 5.35. The summed E-state index contributed by atoms with van der Waals surface area (Å²) in [4.78, 5) is 19.8. The topological polar surface area (TPSA) is 45.2 Å². The van der Waals surface area contributed by atoms with Gasteiger partial charge in [-0.3, -0.25) is 4.79 Å². The van der Waals surface area contributed by atoms with Gasteiger partial charge in [-0.2, -0.15) is 0 Å². The van der Waals surface area contributed by atoms with E-state index in [1.54, 1.807) is 11.3 Å². The van der Waals surface area contributed by atoms with Crippen molar-refractivity contribution in [2.45, 2.75) is 38.8 Å². The second kappa shape index (κ2) is 5.21. The molecule has 5 heteroatoms. The van der Waals surface area contributed by atoms with Crippen molar-refractivity contribution in [2.75, 3.05) is 13.6 Å². The number of aromatic nitrogens is 1. The summed E-state index contributed by atoms with van der Waals surface area (Å²) in [6.07, 6.45) is 5.67. The van der Waals surface area contributed by atoms with E-state index in [0.717, 1.165) is 22.3 Å². The average molecular weight is 279 g/mol. The van der Waals surface area contributed by atoms with E-state index in [0.29, 0.717) is 12.5 Å². The van der Waals surface area contributed by atoms with Crippen LogP contribution in [0.25, 0.3) is 0 Å². The molecule has 1 aliphatic carbocycles. The first-order valence-corrected chi connectivity index (χ1v) is 7.86. The monoisotopic (exact) mass is 279 g/mol. The van der Waals surface area contributed by atoms with E-state index in [1.807, 2.05) is 25.1 Å². The van der Waals surface area contributed by atoms with Gasteiger partial charge in [-0.05, 0) is 38.1 Å². The SMILES string of the molecule is Cc1ncc(CN(C)C(=O)C2NCC3CCCC32)s1. The lowest BCUT2D eigenvalue weighted by Gasteiger charge is -2.24. The molecule has 0 spiro atoms. The summed E-state index contributed by atoms with van der Waals surface area (Å²) in [5.41, 5.74) is 0. The van der Waals surface area contributed by atoms with Gasteiger partial charge >= 0.3 is 0 Å². The number of fused-ring (bicyclic) bond motifs is 1. The van der Waals surface area contributed by atoms with Gasteiger partial charge in [-0.15, -0.1) is 11.3 Å². The van der Waals surface area contributed by atoms with Crippen LogP contribution in [0.3, 0.4) is 0 Å². The summed E-state index contributed by atoms with van der Waals surface area (Å²) >= 11 is 1.67. The van der Waals surface area contributed by atoms with Gasteiger partial charge in [0.25, 0.3) is 0 Å². The number of amides is 1. The van der Waals surface area contributed by atoms with Crippen LogP contribution in [0.2, 0.25) is 0 Å². The zero-order valence-corrected chi connectivity index (χ0v) is 12.4. The van der Waals surface area contributed by atoms with E-state index in [2.05, 4.69) is 10.3 Å². The minimum atomic E-state index is 0.0477. The second-order valence-corrected chi connectivity index (χ2v) is 7.10. The van der Waals surface area contributed by atoms with Crippen molar-refractivity contribution in [2.24, 2.45) is 11.8 Å². The molecule has 3 atom stereocenters. The zero-order chi connectivity index (χ0) is 13.4. The van der Waals surface area contributed by atoms with Crippen LogP contribution < -0.4 is 5.32 Å². The van der Waals surface area contributed by atoms with E-state index in [1.165, 1.54) is 19.3 Å². The Labute approximate surface area is 118 Å². The highest BCUT2D eigenvalue weighted by Gasteiger charge is 2.43. The average Bonchev–Trinajstić information content (AvgIpc) is 3.04. The molecule has 1 aromatic heterocycles. The fraction of sp³-hybridized carbons (Fsp3) is 0.714. The Kier molecular flexibility index (Phi) is 3.58. The maximum atomic E-state index is 12.5. The number of hydrogen-bond donors (Lipinski definition) is 1. The number of nitrogens with one attached hydrogen (secondary N) is 1. The molecule has 1 amide bonds. The van der Waals surface area contributed by atoms with Crippen LogP contribution in [0.1, 0.15) is 29.1 Å². The molecule has 1 saturated carbocycles. The molecule has 4 nitrogen and oxygen atoms in total. The van der Waals surface area contributed by atoms with Gasteiger partial charge in [0.1, 0.15) is 0 Å². The highest BCUT2D eigenvalue weighted by atomic mass is 32.1. The van der Waals surface area contributed by atoms with Crippen molar-refractivity contribution in [3.05, 3.63) is 16.1 Å². The van der Waals surface area contributed by atoms with Crippen LogP contribution in [0.5, 0.6) is 0 Å². The number of carbonyl (C=O) groups excluding carboxylic acids is 1. The van der Waals surface area contributed by atoms with Gasteiger partial charge in [0, 0.05) is 18.1 Å². The summed E-state index contributed by atoms with van der Waals surface area (Å²) in [6.45, 7) is 3.70. The predicted octanol–water partition coefficient (Wildman–Crippen LogP) is 1.80. The van der Waals surface area contributed by atoms with Crippen molar-refractivity contribution >= 4 is 17.2 Å². The van der Waals surface area contributed by atoms with Gasteiger partial charge in [-0.1, -0.05) is 6.42 Å². The highest BCUT2D eigenvalue weighted by molar-refractivity contribution is 7.11. The number of thiazole rings is 1. The van der Waals surface area contributed by atoms with Crippen LogP contribution >= 0.6 is 11.3 Å². The molecule has 0 radical (unpaired) electrons. The smallest absolute Gasteiger partial charge is 0.240 e. The number of aryl methyl sites for hydroxylation is 1. The molecule has 2 fully saturated rings. The lowest BCUT2D eigenvalue weighted by molar-refractivity contribution is -0.133. The van der Waals surface area contributed by atoms with Crippen molar-refractivity contribution < 1.29 is 4.79 Å². The summed E-state index contributed by atoms with van der Waals surface area (Å²) in [5, 5.41) is 4.49. The standard InChI is InChI=1S/C14H21N3OS/c1-9-15-7-11(19-9)8-17(2)14(18)13-12-5-3-4-10(12)6-16-13/h7,10,12-13,16H,3-6,8H2,1-2H3. The molecule has 1 aromatic rings. The van der Waals surface area contributed by atoms with Crippen molar-refractivity contribution in [1.29, 1.82) is 0 Å². The minimum absolute atomic E-state index is 0.0477. The summed E-state index contributed by atoms with van der Waals surface area (Å²) < 4.78 is 0. The second-order valence-electron chi connectivity index (χ2n) is 5.78. The van der Waals surface area contributed by atoms with E-state index in [4.69, 9.17) is 0 Å². The molecular formula is C14H21N3OS. The van der Waals surface area contributed by atoms with Gasteiger partial charge in [0.2, 0.25) is 5.91 Å². The normalized spacial score (nSPS) is 29.5. The van der Waals surface area contributed by atoms with E-state index in [-0.39, 0.29) is 11.9 Å². The highest BCUT2D eigenvalue weighted by Crippen LogP contribution is 2.38. The molecule has 1 N–H and O–H groups in total. The van der Waals surface area contributed by atoms with Gasteiger partial charge < -0.3 is 10.2 Å². The van der Waals surface area contributed by atoms with Gasteiger partial charge in [-0.25, -0.2) is 4.98 Å².